The first-order valence-electron chi connectivity index (χ1n) is 5.94. The molecule has 0 aliphatic rings. The molecule has 20 heavy (non-hydrogen) atoms. The molecule has 3 rings (SSSR count). The van der Waals surface area contributed by atoms with Crippen molar-refractivity contribution in [2.45, 2.75) is 0 Å². The van der Waals surface area contributed by atoms with Crippen LogP contribution in [0.15, 0.2) is 42.9 Å². The first kappa shape index (κ1) is 11.9. The third-order valence-electron chi connectivity index (χ3n) is 2.86. The number of benzene rings is 1. The van der Waals surface area contributed by atoms with Crippen LogP contribution in [0.2, 0.25) is 0 Å². The summed E-state index contributed by atoms with van der Waals surface area (Å²) in [7, 11) is 0. The Bertz CT molecular complexity index is 829. The molecule has 0 unspecified atom stereocenters. The molecule has 5 nitrogen and oxygen atoms in total. The van der Waals surface area contributed by atoms with Crippen LogP contribution in [0.1, 0.15) is 15.9 Å². The van der Waals surface area contributed by atoms with Gasteiger partial charge in [0.05, 0.1) is 17.4 Å². The van der Waals surface area contributed by atoms with Crippen LogP contribution in [-0.2, 0) is 0 Å². The number of hydrogen-bond acceptors (Lipinski definition) is 3. The molecule has 2 aromatic heterocycles. The highest BCUT2D eigenvalue weighted by Crippen LogP contribution is 2.15. The van der Waals surface area contributed by atoms with Gasteiger partial charge in [0.2, 0.25) is 0 Å². The molecule has 0 spiro atoms. The lowest BCUT2D eigenvalue weighted by molar-refractivity contribution is 0.102. The summed E-state index contributed by atoms with van der Waals surface area (Å²) in [4.78, 5) is 23.3. The predicted octanol–water partition coefficient (Wildman–Crippen LogP) is 2.19. The second-order valence-electron chi connectivity index (χ2n) is 4.14. The average Bonchev–Trinajstić information content (AvgIpc) is 2.95. The van der Waals surface area contributed by atoms with Gasteiger partial charge in [0, 0.05) is 17.4 Å². The number of nitrogens with zero attached hydrogens (tertiary/aromatic N) is 2. The maximum absolute atomic E-state index is 12.3. The second-order valence-corrected chi connectivity index (χ2v) is 4.14. The predicted molar refractivity (Wildman–Crippen MR) is 76.2 cm³/mol. The van der Waals surface area contributed by atoms with E-state index < -0.39 is 0 Å². The van der Waals surface area contributed by atoms with Crippen LogP contribution in [-0.4, -0.2) is 20.9 Å². The molecule has 0 bridgehead atoms. The number of pyridine rings is 1. The Balaban J connectivity index is 1.93. The van der Waals surface area contributed by atoms with Gasteiger partial charge in [-0.3, -0.25) is 4.79 Å². The summed E-state index contributed by atoms with van der Waals surface area (Å²) >= 11 is 0. The largest absolute Gasteiger partial charge is 0.343 e. The topological polar surface area (TPSA) is 70.7 Å². The Labute approximate surface area is 115 Å². The van der Waals surface area contributed by atoms with Crippen molar-refractivity contribution in [2.75, 3.05) is 5.32 Å². The van der Waals surface area contributed by atoms with Crippen LogP contribution in [0.25, 0.3) is 11.2 Å². The van der Waals surface area contributed by atoms with Gasteiger partial charge in [0.25, 0.3) is 5.91 Å². The minimum absolute atomic E-state index is 0.240. The van der Waals surface area contributed by atoms with Crippen molar-refractivity contribution in [3.63, 3.8) is 0 Å². The number of terminal acetylenes is 1. The molecule has 2 heterocycles. The smallest absolute Gasteiger partial charge is 0.257 e. The average molecular weight is 262 g/mol. The number of imidazole rings is 1. The van der Waals surface area contributed by atoms with Crippen molar-refractivity contribution in [2.24, 2.45) is 0 Å². The number of rotatable bonds is 2. The van der Waals surface area contributed by atoms with Crippen molar-refractivity contribution in [3.8, 4) is 12.3 Å². The molecule has 0 aliphatic carbocycles. The fourth-order valence-corrected chi connectivity index (χ4v) is 1.92. The molecule has 3 aromatic rings. The monoisotopic (exact) mass is 262 g/mol. The van der Waals surface area contributed by atoms with E-state index in [9.17, 15) is 4.79 Å². The van der Waals surface area contributed by atoms with Gasteiger partial charge >= 0.3 is 0 Å². The van der Waals surface area contributed by atoms with Crippen molar-refractivity contribution in [3.05, 3.63) is 54.0 Å². The number of carbonyl (C=O) groups excluding carboxylic acids is 1. The summed E-state index contributed by atoms with van der Waals surface area (Å²) in [5.41, 5.74) is 2.96. The van der Waals surface area contributed by atoms with Gasteiger partial charge in [0.1, 0.15) is 0 Å². The highest BCUT2D eigenvalue weighted by molar-refractivity contribution is 6.10. The van der Waals surface area contributed by atoms with Gasteiger partial charge in [-0.25, -0.2) is 9.97 Å². The highest BCUT2D eigenvalue weighted by atomic mass is 16.1. The first-order chi connectivity index (χ1) is 9.78. The first-order valence-corrected chi connectivity index (χ1v) is 5.94. The summed E-state index contributed by atoms with van der Waals surface area (Å²) in [6.45, 7) is 0. The van der Waals surface area contributed by atoms with E-state index in [0.29, 0.717) is 28.0 Å². The van der Waals surface area contributed by atoms with Gasteiger partial charge in [-0.05, 0) is 24.3 Å². The number of H-pyrrole nitrogens is 1. The zero-order valence-electron chi connectivity index (χ0n) is 10.4. The summed E-state index contributed by atoms with van der Waals surface area (Å²) in [6, 6.07) is 8.76. The molecule has 1 amide bonds. The highest BCUT2D eigenvalue weighted by Gasteiger charge is 2.12. The lowest BCUT2D eigenvalue weighted by Crippen LogP contribution is -2.12. The van der Waals surface area contributed by atoms with E-state index in [1.807, 2.05) is 0 Å². The van der Waals surface area contributed by atoms with Crippen LogP contribution in [0.3, 0.4) is 0 Å². The van der Waals surface area contributed by atoms with Crippen LogP contribution in [0, 0.1) is 12.3 Å². The Kier molecular flexibility index (Phi) is 2.90. The van der Waals surface area contributed by atoms with Crippen molar-refractivity contribution in [1.82, 2.24) is 15.0 Å². The molecule has 0 aliphatic heterocycles. The van der Waals surface area contributed by atoms with Gasteiger partial charge in [-0.15, -0.1) is 6.42 Å². The third-order valence-corrected chi connectivity index (χ3v) is 2.86. The number of carbonyl (C=O) groups is 1. The number of fused-ring (bicyclic) bond motifs is 1. The number of aromatic amines is 1. The van der Waals surface area contributed by atoms with Crippen molar-refractivity contribution >= 4 is 22.8 Å². The van der Waals surface area contributed by atoms with E-state index in [-0.39, 0.29) is 5.91 Å². The van der Waals surface area contributed by atoms with Crippen molar-refractivity contribution < 1.29 is 4.79 Å². The van der Waals surface area contributed by atoms with Gasteiger partial charge in [0.15, 0.2) is 5.65 Å². The molecule has 0 saturated heterocycles. The zero-order chi connectivity index (χ0) is 13.9. The Morgan fingerprint density at radius 2 is 2.20 bits per heavy atom. The van der Waals surface area contributed by atoms with E-state index in [4.69, 9.17) is 6.42 Å². The van der Waals surface area contributed by atoms with E-state index in [2.05, 4.69) is 26.2 Å². The SMILES string of the molecule is C#Cc1cccc(NC(=O)c2ccnc3nc[nH]c23)c1. The van der Waals surface area contributed by atoms with Gasteiger partial charge < -0.3 is 10.3 Å². The Hall–Kier alpha value is -3.13. The lowest BCUT2D eigenvalue weighted by atomic mass is 10.2. The van der Waals surface area contributed by atoms with Crippen LogP contribution >= 0.6 is 0 Å². The van der Waals surface area contributed by atoms with Crippen LogP contribution < -0.4 is 5.32 Å². The minimum Gasteiger partial charge on any atom is -0.343 e. The summed E-state index contributed by atoms with van der Waals surface area (Å²) in [6.07, 6.45) is 8.40. The molecule has 5 heteroatoms. The van der Waals surface area contributed by atoms with Gasteiger partial charge in [-0.1, -0.05) is 12.0 Å². The van der Waals surface area contributed by atoms with Crippen molar-refractivity contribution in [1.29, 1.82) is 0 Å². The molecular formula is C15H10N4O. The number of hydrogen-bond donors (Lipinski definition) is 2. The summed E-state index contributed by atoms with van der Waals surface area (Å²) < 4.78 is 0. The fourth-order valence-electron chi connectivity index (χ4n) is 1.92. The van der Waals surface area contributed by atoms with E-state index in [1.54, 1.807) is 36.5 Å². The van der Waals surface area contributed by atoms with E-state index >= 15 is 0 Å². The molecule has 2 N–H and O–H groups in total. The molecule has 0 radical (unpaired) electrons. The number of anilines is 1. The maximum atomic E-state index is 12.3. The molecular weight excluding hydrogens is 252 g/mol. The minimum atomic E-state index is -0.240. The Morgan fingerprint density at radius 1 is 1.30 bits per heavy atom. The summed E-state index contributed by atoms with van der Waals surface area (Å²) in [5, 5.41) is 2.80. The number of aromatic nitrogens is 3. The fraction of sp³-hybridized carbons (Fsp3) is 0. The molecule has 0 atom stereocenters. The third kappa shape index (κ3) is 2.10. The summed E-state index contributed by atoms with van der Waals surface area (Å²) in [5.74, 6) is 2.29. The number of nitrogens with one attached hydrogen (secondary N) is 2. The van der Waals surface area contributed by atoms with Crippen LogP contribution in [0.4, 0.5) is 5.69 Å². The molecule has 0 saturated carbocycles. The molecule has 96 valence electrons. The zero-order valence-corrected chi connectivity index (χ0v) is 10.4. The van der Waals surface area contributed by atoms with E-state index in [1.165, 1.54) is 6.33 Å². The quantitative estimate of drug-likeness (QED) is 0.695. The lowest BCUT2D eigenvalue weighted by Gasteiger charge is -2.06. The standard InChI is InChI=1S/C15H10N4O/c1-2-10-4-3-5-11(8-10)19-15(20)12-6-7-16-14-13(12)17-9-18-14/h1,3-9H,(H,19,20)(H,16,17,18). The van der Waals surface area contributed by atoms with Gasteiger partial charge in [-0.2, -0.15) is 0 Å². The number of amides is 1. The molecule has 1 aromatic carbocycles. The van der Waals surface area contributed by atoms with E-state index in [0.717, 1.165) is 0 Å². The molecule has 0 fully saturated rings. The van der Waals surface area contributed by atoms with Crippen LogP contribution in [0.5, 0.6) is 0 Å². The second kappa shape index (κ2) is 4.86. The Morgan fingerprint density at radius 3 is 3.05 bits per heavy atom. The normalized spacial score (nSPS) is 10.2. The maximum Gasteiger partial charge on any atom is 0.257 e.